The van der Waals surface area contributed by atoms with Gasteiger partial charge in [-0.15, -0.1) is 12.4 Å². The van der Waals surface area contributed by atoms with Gasteiger partial charge >= 0.3 is 0 Å². The van der Waals surface area contributed by atoms with E-state index in [1.165, 1.54) is 0 Å². The van der Waals surface area contributed by atoms with Gasteiger partial charge in [-0.2, -0.15) is 5.10 Å². The summed E-state index contributed by atoms with van der Waals surface area (Å²) < 4.78 is 10.7. The van der Waals surface area contributed by atoms with E-state index in [-0.39, 0.29) is 24.4 Å². The van der Waals surface area contributed by atoms with Crippen molar-refractivity contribution in [3.63, 3.8) is 0 Å². The molecule has 1 unspecified atom stereocenters. The van der Waals surface area contributed by atoms with Crippen LogP contribution in [0.15, 0.2) is 18.2 Å². The molecule has 0 aliphatic carbocycles. The number of aromatic amines is 1. The molecule has 0 fully saturated rings. The van der Waals surface area contributed by atoms with Crippen LogP contribution in [0.25, 0.3) is 0 Å². The number of ether oxygens (including phenoxy) is 2. The molecular formula is C17H23ClN4O3. The van der Waals surface area contributed by atoms with Gasteiger partial charge in [-0.25, -0.2) is 0 Å². The summed E-state index contributed by atoms with van der Waals surface area (Å²) in [4.78, 5) is 12.6. The van der Waals surface area contributed by atoms with Crippen molar-refractivity contribution in [3.8, 4) is 11.5 Å². The maximum atomic E-state index is 12.6. The number of aromatic nitrogens is 2. The van der Waals surface area contributed by atoms with Crippen molar-refractivity contribution < 1.29 is 14.3 Å². The number of nitrogens with one attached hydrogen (secondary N) is 3. The third-order valence-electron chi connectivity index (χ3n) is 4.27. The quantitative estimate of drug-likeness (QED) is 0.753. The number of H-pyrrole nitrogens is 1. The van der Waals surface area contributed by atoms with Gasteiger partial charge in [0.05, 0.1) is 20.3 Å². The molecular weight excluding hydrogens is 344 g/mol. The van der Waals surface area contributed by atoms with Crippen molar-refractivity contribution in [1.29, 1.82) is 0 Å². The summed E-state index contributed by atoms with van der Waals surface area (Å²) >= 11 is 0. The first kappa shape index (κ1) is 19.1. The molecule has 1 aromatic carbocycles. The number of hydrogen-bond acceptors (Lipinski definition) is 5. The Morgan fingerprint density at radius 2 is 2.12 bits per heavy atom. The molecule has 8 heteroatoms. The van der Waals surface area contributed by atoms with Crippen LogP contribution in [0.5, 0.6) is 11.5 Å². The molecule has 7 nitrogen and oxygen atoms in total. The van der Waals surface area contributed by atoms with Crippen LogP contribution in [-0.2, 0) is 13.0 Å². The molecule has 3 N–H and O–H groups in total. The second-order valence-electron chi connectivity index (χ2n) is 5.76. The van der Waals surface area contributed by atoms with Gasteiger partial charge in [0.2, 0.25) is 0 Å². The number of nitrogens with zero attached hydrogens (tertiary/aromatic N) is 1. The molecule has 1 aliphatic heterocycles. The molecule has 2 aromatic rings. The highest BCUT2D eigenvalue weighted by atomic mass is 35.5. The Kier molecular flexibility index (Phi) is 6.27. The van der Waals surface area contributed by atoms with Crippen LogP contribution >= 0.6 is 12.4 Å². The Morgan fingerprint density at radius 3 is 2.84 bits per heavy atom. The van der Waals surface area contributed by atoms with E-state index in [0.29, 0.717) is 23.7 Å². The van der Waals surface area contributed by atoms with Crippen LogP contribution in [0.3, 0.4) is 0 Å². The SMILES string of the molecule is COc1ccc(OC)c(C(C)NC(=O)c2n[nH]c3c2CNCC3)c1.Cl. The van der Waals surface area contributed by atoms with Gasteiger partial charge in [0.15, 0.2) is 5.69 Å². The topological polar surface area (TPSA) is 88.3 Å². The van der Waals surface area contributed by atoms with Gasteiger partial charge in [-0.3, -0.25) is 9.89 Å². The predicted octanol–water partition coefficient (Wildman–Crippen LogP) is 1.99. The third kappa shape index (κ3) is 3.88. The van der Waals surface area contributed by atoms with Crippen LogP contribution < -0.4 is 20.1 Å². The molecule has 25 heavy (non-hydrogen) atoms. The molecule has 0 bridgehead atoms. The van der Waals surface area contributed by atoms with Gasteiger partial charge in [-0.1, -0.05) is 0 Å². The highest BCUT2D eigenvalue weighted by Gasteiger charge is 2.23. The Morgan fingerprint density at radius 1 is 1.32 bits per heavy atom. The van der Waals surface area contributed by atoms with E-state index in [9.17, 15) is 4.79 Å². The number of benzene rings is 1. The van der Waals surface area contributed by atoms with Gasteiger partial charge in [0.25, 0.3) is 5.91 Å². The lowest BCUT2D eigenvalue weighted by Crippen LogP contribution is -2.30. The summed E-state index contributed by atoms with van der Waals surface area (Å²) in [6.45, 7) is 3.46. The van der Waals surface area contributed by atoms with Gasteiger partial charge in [-0.05, 0) is 25.1 Å². The lowest BCUT2D eigenvalue weighted by atomic mass is 10.0. The van der Waals surface area contributed by atoms with Crippen LogP contribution in [-0.4, -0.2) is 36.9 Å². The molecule has 136 valence electrons. The van der Waals surface area contributed by atoms with E-state index in [1.807, 2.05) is 25.1 Å². The third-order valence-corrected chi connectivity index (χ3v) is 4.27. The summed E-state index contributed by atoms with van der Waals surface area (Å²) in [5, 5.41) is 13.4. The first-order chi connectivity index (χ1) is 11.6. The van der Waals surface area contributed by atoms with Crippen LogP contribution in [0, 0.1) is 0 Å². The summed E-state index contributed by atoms with van der Waals surface area (Å²) in [7, 11) is 3.22. The molecule has 0 saturated carbocycles. The number of rotatable bonds is 5. The Balaban J connectivity index is 0.00000225. The Hall–Kier alpha value is -2.25. The maximum Gasteiger partial charge on any atom is 0.272 e. The van der Waals surface area contributed by atoms with Crippen LogP contribution in [0.4, 0.5) is 0 Å². The first-order valence-electron chi connectivity index (χ1n) is 7.93. The van der Waals surface area contributed by atoms with Crippen molar-refractivity contribution >= 4 is 18.3 Å². The number of fused-ring (bicyclic) bond motifs is 1. The molecule has 1 amide bonds. The van der Waals surface area contributed by atoms with E-state index >= 15 is 0 Å². The summed E-state index contributed by atoms with van der Waals surface area (Å²) in [5.74, 6) is 1.22. The Bertz CT molecular complexity index is 747. The number of methoxy groups -OCH3 is 2. The van der Waals surface area contributed by atoms with Gasteiger partial charge in [0, 0.05) is 36.3 Å². The highest BCUT2D eigenvalue weighted by Crippen LogP contribution is 2.29. The largest absolute Gasteiger partial charge is 0.497 e. The summed E-state index contributed by atoms with van der Waals surface area (Å²) in [6.07, 6.45) is 0.856. The van der Waals surface area contributed by atoms with Crippen LogP contribution in [0.2, 0.25) is 0 Å². The van der Waals surface area contributed by atoms with Crippen LogP contribution in [0.1, 0.15) is 40.3 Å². The zero-order valence-corrected chi connectivity index (χ0v) is 15.3. The fraction of sp³-hybridized carbons (Fsp3) is 0.412. The molecule has 1 aliphatic rings. The van der Waals surface area contributed by atoms with E-state index in [2.05, 4.69) is 20.8 Å². The minimum absolute atomic E-state index is 0. The zero-order valence-electron chi connectivity index (χ0n) is 14.5. The van der Waals surface area contributed by atoms with Crippen molar-refractivity contribution in [2.75, 3.05) is 20.8 Å². The molecule has 0 spiro atoms. The second kappa shape index (κ2) is 8.22. The molecule has 1 aromatic heterocycles. The second-order valence-corrected chi connectivity index (χ2v) is 5.76. The molecule has 0 radical (unpaired) electrons. The van der Waals surface area contributed by atoms with Crippen molar-refractivity contribution in [2.45, 2.75) is 25.9 Å². The summed E-state index contributed by atoms with van der Waals surface area (Å²) in [5.41, 5.74) is 3.28. The Labute approximate surface area is 152 Å². The summed E-state index contributed by atoms with van der Waals surface area (Å²) in [6, 6.07) is 5.28. The number of carbonyl (C=O) groups is 1. The van der Waals surface area contributed by atoms with Gasteiger partial charge in [0.1, 0.15) is 11.5 Å². The average Bonchev–Trinajstić information content (AvgIpc) is 3.05. The van der Waals surface area contributed by atoms with E-state index in [4.69, 9.17) is 9.47 Å². The van der Waals surface area contributed by atoms with E-state index in [0.717, 1.165) is 29.8 Å². The minimum atomic E-state index is -0.244. The lowest BCUT2D eigenvalue weighted by molar-refractivity contribution is 0.0933. The maximum absolute atomic E-state index is 12.6. The number of amides is 1. The zero-order chi connectivity index (χ0) is 17.1. The standard InChI is InChI=1S/C17H22N4O3.ClH/c1-10(12-8-11(23-2)4-5-15(12)24-3)19-17(22)16-13-9-18-7-6-14(13)20-21-16;/h4-5,8,10,18H,6-7,9H2,1-3H3,(H,19,22)(H,20,21);1H. The minimum Gasteiger partial charge on any atom is -0.497 e. The van der Waals surface area contributed by atoms with E-state index < -0.39 is 0 Å². The number of hydrogen-bond donors (Lipinski definition) is 3. The number of halogens is 1. The predicted molar refractivity (Wildman–Crippen MR) is 96.7 cm³/mol. The molecule has 1 atom stereocenters. The fourth-order valence-corrected chi connectivity index (χ4v) is 2.93. The molecule has 3 rings (SSSR count). The lowest BCUT2D eigenvalue weighted by Gasteiger charge is -2.18. The smallest absolute Gasteiger partial charge is 0.272 e. The normalized spacial score (nSPS) is 14.0. The first-order valence-corrected chi connectivity index (χ1v) is 7.93. The molecule has 0 saturated heterocycles. The monoisotopic (exact) mass is 366 g/mol. The van der Waals surface area contributed by atoms with E-state index in [1.54, 1.807) is 14.2 Å². The van der Waals surface area contributed by atoms with Gasteiger partial charge < -0.3 is 20.1 Å². The average molecular weight is 367 g/mol. The fourth-order valence-electron chi connectivity index (χ4n) is 2.93. The van der Waals surface area contributed by atoms with Crippen molar-refractivity contribution in [3.05, 3.63) is 40.7 Å². The van der Waals surface area contributed by atoms with Crippen molar-refractivity contribution in [2.24, 2.45) is 0 Å². The molecule has 2 heterocycles. The highest BCUT2D eigenvalue weighted by molar-refractivity contribution is 5.94. The number of carbonyl (C=O) groups excluding carboxylic acids is 1. The van der Waals surface area contributed by atoms with Crippen molar-refractivity contribution in [1.82, 2.24) is 20.8 Å².